The monoisotopic (exact) mass is 504 g/mol. The Labute approximate surface area is 213 Å². The number of imidazole rings is 1. The highest BCUT2D eigenvalue weighted by Crippen LogP contribution is 2.36. The molecule has 2 unspecified atom stereocenters. The molecule has 37 heavy (non-hydrogen) atoms. The Morgan fingerprint density at radius 2 is 1.89 bits per heavy atom. The van der Waals surface area contributed by atoms with E-state index in [0.717, 1.165) is 42.6 Å². The average molecular weight is 505 g/mol. The molecule has 2 fully saturated rings. The fourth-order valence-electron chi connectivity index (χ4n) is 4.71. The van der Waals surface area contributed by atoms with Gasteiger partial charge in [0.2, 0.25) is 5.82 Å². The summed E-state index contributed by atoms with van der Waals surface area (Å²) in [6, 6.07) is 12.2. The maximum absolute atomic E-state index is 14.9. The Balaban J connectivity index is 1.25. The SMILES string of the molecule is Nc1nccn2c(C3CCC(CO)OC3)nc(-c3ccc(Oc4cccc(OCC5CC5)c4F)cc3)c12. The predicted octanol–water partition coefficient (Wildman–Crippen LogP) is 4.95. The molecule has 0 amide bonds. The summed E-state index contributed by atoms with van der Waals surface area (Å²) in [5, 5.41) is 9.39. The topological polar surface area (TPSA) is 104 Å². The number of anilines is 1. The Kier molecular flexibility index (Phi) is 6.40. The largest absolute Gasteiger partial charge is 0.490 e. The van der Waals surface area contributed by atoms with Crippen molar-refractivity contribution in [2.24, 2.45) is 5.92 Å². The van der Waals surface area contributed by atoms with E-state index in [2.05, 4.69) is 4.98 Å². The third-order valence-electron chi connectivity index (χ3n) is 7.00. The minimum absolute atomic E-state index is 0.0211. The molecule has 1 saturated heterocycles. The second-order valence-electron chi connectivity index (χ2n) is 9.71. The van der Waals surface area contributed by atoms with Crippen LogP contribution >= 0.6 is 0 Å². The maximum atomic E-state index is 14.9. The van der Waals surface area contributed by atoms with Crippen molar-refractivity contribution in [1.29, 1.82) is 0 Å². The van der Waals surface area contributed by atoms with Crippen molar-refractivity contribution in [1.82, 2.24) is 14.4 Å². The summed E-state index contributed by atoms with van der Waals surface area (Å²) in [5.74, 6) is 2.14. The fourth-order valence-corrected chi connectivity index (χ4v) is 4.71. The first-order chi connectivity index (χ1) is 18.1. The van der Waals surface area contributed by atoms with Crippen LogP contribution in [0.5, 0.6) is 17.2 Å². The molecule has 9 heteroatoms. The van der Waals surface area contributed by atoms with Crippen LogP contribution in [0.25, 0.3) is 16.8 Å². The molecule has 1 aliphatic carbocycles. The molecule has 1 aliphatic heterocycles. The molecular formula is C28H29FN4O4. The van der Waals surface area contributed by atoms with E-state index in [1.54, 1.807) is 36.5 Å². The zero-order valence-corrected chi connectivity index (χ0v) is 20.3. The molecule has 0 bridgehead atoms. The molecule has 1 saturated carbocycles. The summed E-state index contributed by atoms with van der Waals surface area (Å²) in [5.41, 5.74) is 8.54. The molecule has 4 aromatic rings. The summed E-state index contributed by atoms with van der Waals surface area (Å²) in [7, 11) is 0. The van der Waals surface area contributed by atoms with Crippen LogP contribution in [0.3, 0.4) is 0 Å². The summed E-state index contributed by atoms with van der Waals surface area (Å²) in [4.78, 5) is 9.23. The predicted molar refractivity (Wildman–Crippen MR) is 136 cm³/mol. The molecule has 6 rings (SSSR count). The van der Waals surface area contributed by atoms with E-state index in [-0.39, 0.29) is 30.1 Å². The molecule has 3 N–H and O–H groups in total. The normalized spacial score (nSPS) is 19.7. The van der Waals surface area contributed by atoms with Crippen molar-refractivity contribution in [3.63, 3.8) is 0 Å². The number of halogens is 1. The summed E-state index contributed by atoms with van der Waals surface area (Å²) < 4.78 is 34.2. The number of rotatable bonds is 8. The van der Waals surface area contributed by atoms with Gasteiger partial charge in [-0.3, -0.25) is 4.40 Å². The van der Waals surface area contributed by atoms with Crippen LogP contribution in [-0.2, 0) is 4.74 Å². The smallest absolute Gasteiger partial charge is 0.207 e. The molecule has 192 valence electrons. The van der Waals surface area contributed by atoms with Crippen molar-refractivity contribution in [3.05, 3.63) is 66.5 Å². The van der Waals surface area contributed by atoms with E-state index < -0.39 is 5.82 Å². The molecule has 3 heterocycles. The zero-order chi connectivity index (χ0) is 25.4. The summed E-state index contributed by atoms with van der Waals surface area (Å²) in [6.45, 7) is 1.03. The van der Waals surface area contributed by atoms with E-state index in [9.17, 15) is 9.50 Å². The van der Waals surface area contributed by atoms with E-state index in [1.807, 2.05) is 22.7 Å². The van der Waals surface area contributed by atoms with Gasteiger partial charge in [0.25, 0.3) is 0 Å². The van der Waals surface area contributed by atoms with Gasteiger partial charge in [0.1, 0.15) is 28.6 Å². The van der Waals surface area contributed by atoms with E-state index in [1.165, 1.54) is 0 Å². The van der Waals surface area contributed by atoms with Gasteiger partial charge in [-0.1, -0.05) is 6.07 Å². The van der Waals surface area contributed by atoms with Crippen LogP contribution in [0.4, 0.5) is 10.2 Å². The number of hydrogen-bond donors (Lipinski definition) is 2. The second kappa shape index (κ2) is 9.99. The molecule has 2 aromatic heterocycles. The first-order valence-electron chi connectivity index (χ1n) is 12.6. The molecule has 2 atom stereocenters. The highest BCUT2D eigenvalue weighted by atomic mass is 19.1. The number of fused-ring (bicyclic) bond motifs is 1. The van der Waals surface area contributed by atoms with Gasteiger partial charge in [-0.15, -0.1) is 0 Å². The molecular weight excluding hydrogens is 475 g/mol. The van der Waals surface area contributed by atoms with Crippen molar-refractivity contribution >= 4 is 11.3 Å². The van der Waals surface area contributed by atoms with Crippen LogP contribution in [-0.4, -0.2) is 45.4 Å². The number of nitrogens with zero attached hydrogens (tertiary/aromatic N) is 3. The minimum atomic E-state index is -0.506. The number of nitrogens with two attached hydrogens (primary N) is 1. The average Bonchev–Trinajstić information content (AvgIpc) is 3.68. The van der Waals surface area contributed by atoms with Crippen LogP contribution in [0.1, 0.15) is 37.4 Å². The Morgan fingerprint density at radius 3 is 2.62 bits per heavy atom. The number of aliphatic hydroxyl groups is 1. The number of hydrogen-bond acceptors (Lipinski definition) is 7. The van der Waals surface area contributed by atoms with Gasteiger partial charge in [-0.2, -0.15) is 4.39 Å². The second-order valence-corrected chi connectivity index (χ2v) is 9.71. The van der Waals surface area contributed by atoms with E-state index >= 15 is 0 Å². The minimum Gasteiger partial charge on any atom is -0.490 e. The Bertz CT molecular complexity index is 1400. The highest BCUT2D eigenvalue weighted by Gasteiger charge is 2.28. The quantitative estimate of drug-likeness (QED) is 0.350. The third-order valence-corrected chi connectivity index (χ3v) is 7.00. The lowest BCUT2D eigenvalue weighted by molar-refractivity contribution is -0.0282. The van der Waals surface area contributed by atoms with Gasteiger partial charge >= 0.3 is 0 Å². The molecule has 2 aliphatic rings. The van der Waals surface area contributed by atoms with Gasteiger partial charge in [-0.05, 0) is 68.0 Å². The van der Waals surface area contributed by atoms with Gasteiger partial charge in [0.15, 0.2) is 11.5 Å². The van der Waals surface area contributed by atoms with E-state index in [4.69, 9.17) is 24.9 Å². The fraction of sp³-hybridized carbons (Fsp3) is 0.357. The van der Waals surface area contributed by atoms with Crippen LogP contribution in [0.2, 0.25) is 0 Å². The first-order valence-corrected chi connectivity index (χ1v) is 12.6. The molecule has 8 nitrogen and oxygen atoms in total. The lowest BCUT2D eigenvalue weighted by atomic mass is 9.98. The van der Waals surface area contributed by atoms with Crippen molar-refractivity contribution in [2.75, 3.05) is 25.6 Å². The molecule has 0 radical (unpaired) electrons. The molecule has 2 aromatic carbocycles. The lowest BCUT2D eigenvalue weighted by Crippen LogP contribution is -2.28. The number of ether oxygens (including phenoxy) is 3. The Morgan fingerprint density at radius 1 is 1.08 bits per heavy atom. The van der Waals surface area contributed by atoms with Gasteiger partial charge in [0, 0.05) is 23.9 Å². The van der Waals surface area contributed by atoms with Gasteiger partial charge in [0.05, 0.1) is 25.9 Å². The van der Waals surface area contributed by atoms with Crippen LogP contribution in [0, 0.1) is 11.7 Å². The van der Waals surface area contributed by atoms with Crippen LogP contribution < -0.4 is 15.2 Å². The van der Waals surface area contributed by atoms with Crippen molar-refractivity contribution in [3.8, 4) is 28.5 Å². The summed E-state index contributed by atoms with van der Waals surface area (Å²) >= 11 is 0. The standard InChI is InChI=1S/C28H29FN4O4/c29-24-22(36-15-17-4-5-17)2-1-3-23(24)37-20-9-6-18(7-10-20)25-26-27(30)31-12-13-33(26)28(32-25)19-8-11-21(14-34)35-16-19/h1-3,6-7,9-10,12-13,17,19,21,34H,4-5,8,11,14-16H2,(H2,30,31). The number of nitrogen functional groups attached to an aromatic ring is 1. The zero-order valence-electron chi connectivity index (χ0n) is 20.3. The van der Waals surface area contributed by atoms with Gasteiger partial charge < -0.3 is 25.1 Å². The Hall–Kier alpha value is -3.69. The summed E-state index contributed by atoms with van der Waals surface area (Å²) in [6.07, 6.45) is 7.28. The lowest BCUT2D eigenvalue weighted by Gasteiger charge is -2.27. The maximum Gasteiger partial charge on any atom is 0.207 e. The molecule has 0 spiro atoms. The number of benzene rings is 2. The third kappa shape index (κ3) is 4.84. The van der Waals surface area contributed by atoms with Gasteiger partial charge in [-0.25, -0.2) is 9.97 Å². The van der Waals surface area contributed by atoms with Crippen molar-refractivity contribution < 1.29 is 23.7 Å². The number of aromatic nitrogens is 3. The number of aliphatic hydroxyl groups excluding tert-OH is 1. The van der Waals surface area contributed by atoms with Crippen molar-refractivity contribution in [2.45, 2.75) is 37.7 Å². The van der Waals surface area contributed by atoms with E-state index in [0.29, 0.717) is 36.4 Å². The van der Waals surface area contributed by atoms with Crippen LogP contribution in [0.15, 0.2) is 54.9 Å². The first kappa shape index (κ1) is 23.7. The highest BCUT2D eigenvalue weighted by molar-refractivity contribution is 5.85.